The Labute approximate surface area is 98.0 Å². The van der Waals surface area contributed by atoms with Gasteiger partial charge in [-0.05, 0) is 19.1 Å². The summed E-state index contributed by atoms with van der Waals surface area (Å²) in [6, 6.07) is 7.54. The van der Waals surface area contributed by atoms with E-state index in [0.717, 1.165) is 11.3 Å². The number of cyclic esters (lactones) is 1. The molecular weight excluding hydrogens is 232 g/mol. The molecule has 0 N–H and O–H groups in total. The highest BCUT2D eigenvalue weighted by atomic mass is 35.5. The minimum Gasteiger partial charge on any atom is -0.462 e. The van der Waals surface area contributed by atoms with Crippen molar-refractivity contribution >= 4 is 29.3 Å². The van der Waals surface area contributed by atoms with Crippen LogP contribution < -0.4 is 0 Å². The van der Waals surface area contributed by atoms with E-state index in [-0.39, 0.29) is 17.3 Å². The fourth-order valence-corrected chi connectivity index (χ4v) is 2.94. The van der Waals surface area contributed by atoms with E-state index in [1.807, 2.05) is 31.2 Å². The number of hydrogen-bond donors (Lipinski definition) is 0. The molecule has 0 aliphatic carbocycles. The monoisotopic (exact) mass is 242 g/mol. The molecule has 0 saturated carbocycles. The van der Waals surface area contributed by atoms with Gasteiger partial charge in [0.15, 0.2) is 0 Å². The fraction of sp³-hybridized carbons (Fsp3) is 0.364. The second-order valence-corrected chi connectivity index (χ2v) is 5.17. The van der Waals surface area contributed by atoms with Gasteiger partial charge in [0.05, 0.1) is 5.02 Å². The smallest absolute Gasteiger partial charge is 0.319 e. The molecule has 2 nitrogen and oxygen atoms in total. The lowest BCUT2D eigenvalue weighted by Gasteiger charge is -2.06. The van der Waals surface area contributed by atoms with Crippen molar-refractivity contribution in [1.82, 2.24) is 0 Å². The maximum Gasteiger partial charge on any atom is 0.319 e. The van der Waals surface area contributed by atoms with Crippen molar-refractivity contribution in [2.24, 2.45) is 0 Å². The van der Waals surface area contributed by atoms with Crippen LogP contribution in [-0.4, -0.2) is 17.3 Å². The van der Waals surface area contributed by atoms with Crippen LogP contribution in [0.5, 0.6) is 0 Å². The lowest BCUT2D eigenvalue weighted by atomic mass is 10.3. The van der Waals surface area contributed by atoms with Crippen molar-refractivity contribution in [3.63, 3.8) is 0 Å². The Morgan fingerprint density at radius 1 is 1.47 bits per heavy atom. The van der Waals surface area contributed by atoms with Crippen molar-refractivity contribution in [2.45, 2.75) is 29.6 Å². The van der Waals surface area contributed by atoms with Crippen molar-refractivity contribution < 1.29 is 9.53 Å². The molecule has 15 heavy (non-hydrogen) atoms. The van der Waals surface area contributed by atoms with Gasteiger partial charge in [0.1, 0.15) is 11.4 Å². The maximum atomic E-state index is 11.4. The van der Waals surface area contributed by atoms with Gasteiger partial charge in [0, 0.05) is 11.3 Å². The molecular formula is C11H11ClO2S. The molecule has 2 rings (SSSR count). The summed E-state index contributed by atoms with van der Waals surface area (Å²) in [5.41, 5.74) is 0. The van der Waals surface area contributed by atoms with Gasteiger partial charge < -0.3 is 4.74 Å². The molecule has 1 fully saturated rings. The van der Waals surface area contributed by atoms with E-state index in [0.29, 0.717) is 5.02 Å². The van der Waals surface area contributed by atoms with E-state index in [1.54, 1.807) is 0 Å². The third-order valence-electron chi connectivity index (χ3n) is 2.23. The molecule has 1 heterocycles. The number of carbonyl (C=O) groups excluding carboxylic acids is 1. The predicted molar refractivity (Wildman–Crippen MR) is 61.3 cm³/mol. The molecule has 1 aliphatic rings. The third kappa shape index (κ3) is 2.47. The largest absolute Gasteiger partial charge is 0.462 e. The van der Waals surface area contributed by atoms with Crippen LogP contribution in [0.4, 0.5) is 0 Å². The van der Waals surface area contributed by atoms with E-state index in [2.05, 4.69) is 0 Å². The van der Waals surface area contributed by atoms with Crippen LogP contribution in [0.15, 0.2) is 29.2 Å². The molecule has 0 radical (unpaired) electrons. The van der Waals surface area contributed by atoms with E-state index in [1.165, 1.54) is 11.8 Å². The molecule has 80 valence electrons. The molecule has 0 unspecified atom stereocenters. The zero-order valence-corrected chi connectivity index (χ0v) is 9.85. The topological polar surface area (TPSA) is 26.3 Å². The highest BCUT2D eigenvalue weighted by Gasteiger charge is 2.32. The van der Waals surface area contributed by atoms with Crippen molar-refractivity contribution in [3.8, 4) is 0 Å². The minimum atomic E-state index is -0.132. The van der Waals surface area contributed by atoms with Crippen molar-refractivity contribution in [3.05, 3.63) is 29.3 Å². The lowest BCUT2D eigenvalue weighted by Crippen LogP contribution is -2.09. The lowest BCUT2D eigenvalue weighted by molar-refractivity contribution is -0.140. The molecule has 0 amide bonds. The van der Waals surface area contributed by atoms with Crippen LogP contribution >= 0.6 is 23.4 Å². The molecule has 0 bridgehead atoms. The second-order valence-electron chi connectivity index (χ2n) is 3.52. The van der Waals surface area contributed by atoms with Crippen molar-refractivity contribution in [2.75, 3.05) is 0 Å². The number of halogens is 1. The van der Waals surface area contributed by atoms with Gasteiger partial charge in [0.2, 0.25) is 0 Å². The summed E-state index contributed by atoms with van der Waals surface area (Å²) in [5.74, 6) is -0.132. The first-order chi connectivity index (χ1) is 7.16. The van der Waals surface area contributed by atoms with E-state index < -0.39 is 0 Å². The van der Waals surface area contributed by atoms with Gasteiger partial charge >= 0.3 is 5.97 Å². The average molecular weight is 243 g/mol. The van der Waals surface area contributed by atoms with Gasteiger partial charge in [-0.2, -0.15) is 0 Å². The van der Waals surface area contributed by atoms with E-state index in [4.69, 9.17) is 16.3 Å². The molecule has 0 aromatic heterocycles. The summed E-state index contributed by atoms with van der Waals surface area (Å²) in [4.78, 5) is 12.4. The molecule has 2 atom stereocenters. The van der Waals surface area contributed by atoms with Crippen LogP contribution in [0.3, 0.4) is 0 Å². The molecule has 1 aromatic rings. The average Bonchev–Trinajstić information content (AvgIpc) is 2.49. The number of carbonyl (C=O) groups is 1. The molecule has 1 aromatic carbocycles. The number of hydrogen-bond acceptors (Lipinski definition) is 3. The zero-order chi connectivity index (χ0) is 10.8. The van der Waals surface area contributed by atoms with Crippen LogP contribution in [-0.2, 0) is 9.53 Å². The van der Waals surface area contributed by atoms with E-state index >= 15 is 0 Å². The number of ether oxygens (including phenoxy) is 1. The highest BCUT2D eigenvalue weighted by molar-refractivity contribution is 8.00. The molecule has 4 heteroatoms. The Morgan fingerprint density at radius 2 is 2.20 bits per heavy atom. The maximum absolute atomic E-state index is 11.4. The second kappa shape index (κ2) is 4.45. The fourth-order valence-electron chi connectivity index (χ4n) is 1.51. The summed E-state index contributed by atoms with van der Waals surface area (Å²) in [6.45, 7) is 1.91. The Balaban J connectivity index is 2.09. The normalized spacial score (nSPS) is 25.3. The Morgan fingerprint density at radius 3 is 2.80 bits per heavy atom. The first-order valence-electron chi connectivity index (χ1n) is 4.78. The quantitative estimate of drug-likeness (QED) is 0.746. The van der Waals surface area contributed by atoms with Crippen molar-refractivity contribution in [1.29, 1.82) is 0 Å². The van der Waals surface area contributed by atoms with Crippen LogP contribution in [0.1, 0.15) is 13.3 Å². The third-order valence-corrected chi connectivity index (χ3v) is 3.95. The standard InChI is InChI=1S/C11H11ClO2S/c1-7-6-10(11(13)14-7)15-9-5-3-2-4-8(9)12/h2-5,7,10H,6H2,1H3/t7-,10-/m1/s1. The van der Waals surface area contributed by atoms with Crippen LogP contribution in [0.25, 0.3) is 0 Å². The molecule has 1 saturated heterocycles. The van der Waals surface area contributed by atoms with Gasteiger partial charge in [-0.25, -0.2) is 0 Å². The first-order valence-corrected chi connectivity index (χ1v) is 6.04. The Kier molecular flexibility index (Phi) is 3.22. The van der Waals surface area contributed by atoms with Crippen LogP contribution in [0.2, 0.25) is 5.02 Å². The van der Waals surface area contributed by atoms with Gasteiger partial charge in [-0.15, -0.1) is 11.8 Å². The predicted octanol–water partition coefficient (Wildman–Crippen LogP) is 3.14. The number of esters is 1. The zero-order valence-electron chi connectivity index (χ0n) is 8.27. The SMILES string of the molecule is C[C@@H]1C[C@@H](Sc2ccccc2Cl)C(=O)O1. The summed E-state index contributed by atoms with van der Waals surface area (Å²) in [7, 11) is 0. The van der Waals surface area contributed by atoms with Crippen LogP contribution in [0, 0.1) is 0 Å². The van der Waals surface area contributed by atoms with Gasteiger partial charge in [0.25, 0.3) is 0 Å². The Bertz CT molecular complexity index is 381. The van der Waals surface area contributed by atoms with Gasteiger partial charge in [-0.1, -0.05) is 23.7 Å². The number of rotatable bonds is 2. The summed E-state index contributed by atoms with van der Waals surface area (Å²) < 4.78 is 5.08. The summed E-state index contributed by atoms with van der Waals surface area (Å²) in [5, 5.41) is 0.578. The van der Waals surface area contributed by atoms with E-state index in [9.17, 15) is 4.79 Å². The number of benzene rings is 1. The summed E-state index contributed by atoms with van der Waals surface area (Å²) >= 11 is 7.50. The highest BCUT2D eigenvalue weighted by Crippen LogP contribution is 2.35. The van der Waals surface area contributed by atoms with Gasteiger partial charge in [-0.3, -0.25) is 4.79 Å². The first kappa shape index (κ1) is 10.8. The molecule has 0 spiro atoms. The minimum absolute atomic E-state index is 0.0255. The number of thioether (sulfide) groups is 1. The summed E-state index contributed by atoms with van der Waals surface area (Å²) in [6.07, 6.45) is 0.784. The Hall–Kier alpha value is -0.670. The molecule has 1 aliphatic heterocycles.